The van der Waals surface area contributed by atoms with E-state index >= 15 is 0 Å². The van der Waals surface area contributed by atoms with Crippen molar-refractivity contribution in [3.05, 3.63) is 181 Å². The molecule has 1 atom stereocenters. The second-order valence-electron chi connectivity index (χ2n) is 14.1. The molecule has 0 radical (unpaired) electrons. The molecule has 0 N–H and O–H groups in total. The third kappa shape index (κ3) is 5.38. The summed E-state index contributed by atoms with van der Waals surface area (Å²) in [7, 11) is 0. The van der Waals surface area contributed by atoms with Gasteiger partial charge in [-0.25, -0.2) is 0 Å². The molecule has 0 aliphatic heterocycles. The lowest BCUT2D eigenvalue weighted by Gasteiger charge is -2.26. The Hall–Kier alpha value is -5.72. The van der Waals surface area contributed by atoms with Crippen LogP contribution >= 0.6 is 0 Å². The number of hydrogen-bond acceptors (Lipinski definition) is 0. The number of hydrogen-bond donors (Lipinski definition) is 0. The highest BCUT2D eigenvalue weighted by Gasteiger charge is 2.23. The van der Waals surface area contributed by atoms with Gasteiger partial charge < -0.3 is 0 Å². The molecule has 8 aromatic carbocycles. The lowest BCUT2D eigenvalue weighted by Crippen LogP contribution is -2.07. The molecule has 0 amide bonds. The molecule has 0 bridgehead atoms. The predicted molar refractivity (Wildman–Crippen MR) is 222 cm³/mol. The van der Waals surface area contributed by atoms with Gasteiger partial charge in [-0.1, -0.05) is 172 Å². The van der Waals surface area contributed by atoms with E-state index in [0.29, 0.717) is 5.92 Å². The van der Waals surface area contributed by atoms with Gasteiger partial charge in [0.1, 0.15) is 0 Å². The Kier molecular flexibility index (Phi) is 8.09. The number of allylic oxidation sites excluding steroid dienone is 4. The molecule has 1 aliphatic rings. The molecule has 51 heavy (non-hydrogen) atoms. The summed E-state index contributed by atoms with van der Waals surface area (Å²) >= 11 is 0. The minimum atomic E-state index is 0.481. The van der Waals surface area contributed by atoms with Crippen LogP contribution in [0.4, 0.5) is 0 Å². The molecule has 0 heterocycles. The summed E-state index contributed by atoms with van der Waals surface area (Å²) in [6, 6.07) is 56.9. The van der Waals surface area contributed by atoms with Crippen molar-refractivity contribution >= 4 is 54.2 Å². The third-order valence-corrected chi connectivity index (χ3v) is 11.2. The molecule has 0 fully saturated rings. The van der Waals surface area contributed by atoms with Crippen molar-refractivity contribution in [2.75, 3.05) is 0 Å². The maximum absolute atomic E-state index is 2.45. The summed E-state index contributed by atoms with van der Waals surface area (Å²) in [5.74, 6) is 0.481. The smallest absolute Gasteiger partial charge is 0.00201 e. The first kappa shape index (κ1) is 31.3. The molecular formula is C51H42. The molecule has 0 saturated heterocycles. The van der Waals surface area contributed by atoms with Crippen molar-refractivity contribution < 1.29 is 0 Å². The van der Waals surface area contributed by atoms with Gasteiger partial charge in [-0.05, 0) is 130 Å². The minimum Gasteiger partial charge on any atom is -0.0833 e. The van der Waals surface area contributed by atoms with Gasteiger partial charge in [0.25, 0.3) is 0 Å². The summed E-state index contributed by atoms with van der Waals surface area (Å²) in [5.41, 5.74) is 12.0. The van der Waals surface area contributed by atoms with E-state index in [1.54, 1.807) is 0 Å². The first-order chi connectivity index (χ1) is 25.2. The van der Waals surface area contributed by atoms with Gasteiger partial charge in [0.15, 0.2) is 0 Å². The van der Waals surface area contributed by atoms with E-state index in [4.69, 9.17) is 0 Å². The molecular weight excluding hydrogens is 613 g/mol. The SMILES string of the molecule is CCCc1ccc(-c2c3ccccc3c(-c3cccc(C4=C(c5ccc6ccccc6c5)C(CC)CC=C4)c3)c3ccccc23)c2ccccc12. The standard InChI is InChI=1S/C51H42/c1-3-15-36-30-31-48(43-22-8-7-21-41(36)43)51-46-25-11-9-23-44(46)50(45-24-10-12-26-47(45)51)39-20-13-19-38(33-39)42-27-14-18-34(4-2)49(42)40-29-28-35-16-5-6-17-37(35)32-40/h5-14,16-17,19-34H,3-4,15,18H2,1-2H3. The fraction of sp³-hybridized carbons (Fsp3) is 0.137. The molecule has 1 unspecified atom stereocenters. The largest absolute Gasteiger partial charge is 0.0833 e. The average molecular weight is 655 g/mol. The van der Waals surface area contributed by atoms with E-state index in [1.807, 2.05) is 0 Å². The first-order valence-corrected chi connectivity index (χ1v) is 18.7. The van der Waals surface area contributed by atoms with E-state index < -0.39 is 0 Å². The summed E-state index contributed by atoms with van der Waals surface area (Å²) in [6.45, 7) is 4.60. The second kappa shape index (κ2) is 13.2. The topological polar surface area (TPSA) is 0 Å². The lowest BCUT2D eigenvalue weighted by molar-refractivity contribution is 0.654. The molecule has 1 aliphatic carbocycles. The Morgan fingerprint density at radius 1 is 0.490 bits per heavy atom. The Morgan fingerprint density at radius 2 is 1.12 bits per heavy atom. The van der Waals surface area contributed by atoms with Gasteiger partial charge in [0, 0.05) is 0 Å². The van der Waals surface area contributed by atoms with Crippen LogP contribution in [0.15, 0.2) is 164 Å². The Balaban J connectivity index is 1.28. The van der Waals surface area contributed by atoms with Crippen LogP contribution in [0.1, 0.15) is 49.8 Å². The zero-order valence-electron chi connectivity index (χ0n) is 29.5. The van der Waals surface area contributed by atoms with Crippen LogP contribution < -0.4 is 0 Å². The molecule has 0 spiro atoms. The Labute approximate surface area is 301 Å². The molecule has 0 saturated carbocycles. The van der Waals surface area contributed by atoms with E-state index in [1.165, 1.54) is 93.2 Å². The highest BCUT2D eigenvalue weighted by molar-refractivity contribution is 6.23. The van der Waals surface area contributed by atoms with Gasteiger partial charge in [-0.3, -0.25) is 0 Å². The summed E-state index contributed by atoms with van der Waals surface area (Å²) in [4.78, 5) is 0. The van der Waals surface area contributed by atoms with E-state index in [2.05, 4.69) is 178 Å². The van der Waals surface area contributed by atoms with Crippen LogP contribution in [0, 0.1) is 5.92 Å². The Bertz CT molecular complexity index is 2610. The molecule has 9 rings (SSSR count). The maximum Gasteiger partial charge on any atom is -0.00201 e. The molecule has 8 aromatic rings. The fourth-order valence-electron chi connectivity index (χ4n) is 8.79. The van der Waals surface area contributed by atoms with Crippen LogP contribution in [0.3, 0.4) is 0 Å². The van der Waals surface area contributed by atoms with Gasteiger partial charge in [0.2, 0.25) is 0 Å². The van der Waals surface area contributed by atoms with Crippen LogP contribution in [0.25, 0.3) is 76.5 Å². The zero-order chi connectivity index (χ0) is 34.3. The number of rotatable bonds is 7. The van der Waals surface area contributed by atoms with E-state index in [0.717, 1.165) is 25.7 Å². The predicted octanol–water partition coefficient (Wildman–Crippen LogP) is 14.5. The van der Waals surface area contributed by atoms with E-state index in [9.17, 15) is 0 Å². The van der Waals surface area contributed by atoms with Crippen LogP contribution in [-0.4, -0.2) is 0 Å². The van der Waals surface area contributed by atoms with Crippen LogP contribution in [0.2, 0.25) is 0 Å². The van der Waals surface area contributed by atoms with Crippen molar-refractivity contribution in [3.63, 3.8) is 0 Å². The molecule has 0 heteroatoms. The van der Waals surface area contributed by atoms with Crippen molar-refractivity contribution in [1.82, 2.24) is 0 Å². The number of aryl methyl sites for hydroxylation is 1. The molecule has 0 aromatic heterocycles. The zero-order valence-corrected chi connectivity index (χ0v) is 29.5. The normalized spacial score (nSPS) is 14.7. The van der Waals surface area contributed by atoms with Crippen molar-refractivity contribution in [2.24, 2.45) is 5.92 Å². The van der Waals surface area contributed by atoms with Crippen molar-refractivity contribution in [1.29, 1.82) is 0 Å². The first-order valence-electron chi connectivity index (χ1n) is 18.7. The lowest BCUT2D eigenvalue weighted by atomic mass is 9.78. The quantitative estimate of drug-likeness (QED) is 0.150. The van der Waals surface area contributed by atoms with Crippen LogP contribution in [0.5, 0.6) is 0 Å². The maximum atomic E-state index is 2.45. The summed E-state index contributed by atoms with van der Waals surface area (Å²) in [5, 5.41) is 10.5. The highest BCUT2D eigenvalue weighted by Crippen LogP contribution is 2.47. The summed E-state index contributed by atoms with van der Waals surface area (Å²) in [6.07, 6.45) is 9.18. The van der Waals surface area contributed by atoms with Gasteiger partial charge in [0.05, 0.1) is 0 Å². The average Bonchev–Trinajstić information content (AvgIpc) is 3.20. The van der Waals surface area contributed by atoms with Gasteiger partial charge >= 0.3 is 0 Å². The monoisotopic (exact) mass is 654 g/mol. The van der Waals surface area contributed by atoms with Crippen LogP contribution in [-0.2, 0) is 6.42 Å². The van der Waals surface area contributed by atoms with Crippen molar-refractivity contribution in [2.45, 2.75) is 39.5 Å². The molecule has 246 valence electrons. The fourth-order valence-corrected chi connectivity index (χ4v) is 8.79. The third-order valence-electron chi connectivity index (χ3n) is 11.2. The minimum absolute atomic E-state index is 0.481. The summed E-state index contributed by atoms with van der Waals surface area (Å²) < 4.78 is 0. The van der Waals surface area contributed by atoms with Gasteiger partial charge in [-0.15, -0.1) is 0 Å². The molecule has 0 nitrogen and oxygen atoms in total. The Morgan fingerprint density at radius 3 is 1.82 bits per heavy atom. The highest BCUT2D eigenvalue weighted by atomic mass is 14.3. The number of benzene rings is 8. The van der Waals surface area contributed by atoms with Gasteiger partial charge in [-0.2, -0.15) is 0 Å². The number of fused-ring (bicyclic) bond motifs is 4. The van der Waals surface area contributed by atoms with Crippen molar-refractivity contribution in [3.8, 4) is 22.3 Å². The second-order valence-corrected chi connectivity index (χ2v) is 14.1. The van der Waals surface area contributed by atoms with E-state index in [-0.39, 0.29) is 0 Å².